The number of fused-ring (bicyclic) bond motifs is 1. The molecule has 3 N–H and O–H groups in total. The van der Waals surface area contributed by atoms with Crippen LogP contribution in [0.5, 0.6) is 5.75 Å². The molecule has 9 heteroatoms. The van der Waals surface area contributed by atoms with Crippen molar-refractivity contribution >= 4 is 56.8 Å². The quantitative estimate of drug-likeness (QED) is 0.513. The van der Waals surface area contributed by atoms with Crippen LogP contribution in [-0.4, -0.2) is 35.3 Å². The highest BCUT2D eigenvalue weighted by atomic mass is 79.9. The maximum Gasteiger partial charge on any atom is 0.250 e. The van der Waals surface area contributed by atoms with Crippen LogP contribution in [0.15, 0.2) is 47.1 Å². The van der Waals surface area contributed by atoms with Crippen molar-refractivity contribution in [3.63, 3.8) is 0 Å². The molecule has 0 saturated heterocycles. The van der Waals surface area contributed by atoms with Gasteiger partial charge in [-0.1, -0.05) is 15.9 Å². The number of aliphatic hydroxyl groups is 1. The van der Waals surface area contributed by atoms with Crippen LogP contribution < -0.4 is 10.5 Å². The number of hydrogen-bond donors (Lipinski definition) is 2. The van der Waals surface area contributed by atoms with Crippen molar-refractivity contribution in [2.45, 2.75) is 6.04 Å². The third-order valence-electron chi connectivity index (χ3n) is 4.59. The molecule has 1 unspecified atom stereocenters. The molecule has 1 aromatic heterocycles. The summed E-state index contributed by atoms with van der Waals surface area (Å²) in [6, 6.07) is 13.4. The molecule has 0 bridgehead atoms. The Morgan fingerprint density at radius 1 is 1.32 bits per heavy atom. The minimum atomic E-state index is -1.08. The Labute approximate surface area is 193 Å². The van der Waals surface area contributed by atoms with Crippen LogP contribution >= 0.6 is 28.3 Å². The Morgan fingerprint density at radius 2 is 2.06 bits per heavy atom. The molecule has 0 radical (unpaired) electrons. The molecule has 0 amide bonds. The van der Waals surface area contributed by atoms with E-state index in [9.17, 15) is 20.4 Å². The fourth-order valence-electron chi connectivity index (χ4n) is 3.10. The first-order chi connectivity index (χ1) is 14.4. The molecule has 1 atom stereocenters. The normalized spacial score (nSPS) is 11.9. The molecule has 7 nitrogen and oxygen atoms in total. The SMILES string of the molecule is COc1ccc(C#N)cc1/C=C(\C#N)c1cn(C(=O)C(N)CO)c2ccc(Br)cc12.Cl. The Balaban J connectivity index is 0.00000341. The molecule has 158 valence electrons. The molecule has 0 aliphatic heterocycles. The van der Waals surface area contributed by atoms with E-state index in [0.29, 0.717) is 33.3 Å². The van der Waals surface area contributed by atoms with Crippen LogP contribution in [0.4, 0.5) is 0 Å². The van der Waals surface area contributed by atoms with Gasteiger partial charge >= 0.3 is 0 Å². The second-order valence-electron chi connectivity index (χ2n) is 6.44. The van der Waals surface area contributed by atoms with E-state index in [0.717, 1.165) is 4.47 Å². The van der Waals surface area contributed by atoms with Gasteiger partial charge in [0.1, 0.15) is 11.8 Å². The number of nitriles is 2. The Bertz CT molecular complexity index is 1250. The molecule has 0 fully saturated rings. The van der Waals surface area contributed by atoms with Crippen molar-refractivity contribution in [2.75, 3.05) is 13.7 Å². The van der Waals surface area contributed by atoms with E-state index in [1.54, 1.807) is 42.5 Å². The number of carbonyl (C=O) groups excluding carboxylic acids is 1. The number of ether oxygens (including phenoxy) is 1. The van der Waals surface area contributed by atoms with Crippen LogP contribution in [0.1, 0.15) is 21.5 Å². The second-order valence-corrected chi connectivity index (χ2v) is 7.36. The predicted molar refractivity (Wildman–Crippen MR) is 124 cm³/mol. The molecule has 0 aliphatic carbocycles. The first kappa shape index (κ1) is 24.1. The van der Waals surface area contributed by atoms with Gasteiger partial charge in [-0.15, -0.1) is 12.4 Å². The Morgan fingerprint density at radius 3 is 2.68 bits per heavy atom. The minimum Gasteiger partial charge on any atom is -0.496 e. The molecule has 31 heavy (non-hydrogen) atoms. The molecule has 3 aromatic rings. The minimum absolute atomic E-state index is 0. The summed E-state index contributed by atoms with van der Waals surface area (Å²) in [7, 11) is 1.50. The van der Waals surface area contributed by atoms with Crippen LogP contribution in [0.25, 0.3) is 22.6 Å². The summed E-state index contributed by atoms with van der Waals surface area (Å²) >= 11 is 3.42. The second kappa shape index (κ2) is 10.3. The molecule has 2 aromatic carbocycles. The van der Waals surface area contributed by atoms with Crippen LogP contribution in [0, 0.1) is 22.7 Å². The van der Waals surface area contributed by atoms with Crippen molar-refractivity contribution in [3.05, 3.63) is 63.8 Å². The van der Waals surface area contributed by atoms with Crippen LogP contribution in [0.3, 0.4) is 0 Å². The Hall–Kier alpha value is -3.14. The lowest BCUT2D eigenvalue weighted by molar-refractivity contribution is 0.0847. The highest BCUT2D eigenvalue weighted by Gasteiger charge is 2.21. The largest absolute Gasteiger partial charge is 0.496 e. The molecule has 0 spiro atoms. The van der Waals surface area contributed by atoms with Crippen LogP contribution in [-0.2, 0) is 0 Å². The van der Waals surface area contributed by atoms with Crippen molar-refractivity contribution in [1.82, 2.24) is 4.57 Å². The summed E-state index contributed by atoms with van der Waals surface area (Å²) in [5.41, 5.74) is 8.05. The van der Waals surface area contributed by atoms with Crippen molar-refractivity contribution < 1.29 is 14.6 Å². The van der Waals surface area contributed by atoms with Crippen LogP contribution in [0.2, 0.25) is 0 Å². The third kappa shape index (κ3) is 4.79. The topological polar surface area (TPSA) is 125 Å². The van der Waals surface area contributed by atoms with Gasteiger partial charge in [-0.2, -0.15) is 10.5 Å². The average Bonchev–Trinajstić information content (AvgIpc) is 3.14. The molecule has 0 saturated carbocycles. The smallest absolute Gasteiger partial charge is 0.250 e. The number of aromatic nitrogens is 1. The summed E-state index contributed by atoms with van der Waals surface area (Å²) in [5.74, 6) is 0.0162. The van der Waals surface area contributed by atoms with Gasteiger partial charge in [-0.05, 0) is 42.5 Å². The van der Waals surface area contributed by atoms with Gasteiger partial charge < -0.3 is 15.6 Å². The zero-order valence-electron chi connectivity index (χ0n) is 16.4. The van der Waals surface area contributed by atoms with Gasteiger partial charge in [-0.3, -0.25) is 9.36 Å². The fraction of sp³-hybridized carbons (Fsp3) is 0.136. The summed E-state index contributed by atoms with van der Waals surface area (Å²) < 4.78 is 7.46. The number of aliphatic hydroxyl groups excluding tert-OH is 1. The fourth-order valence-corrected chi connectivity index (χ4v) is 3.46. The lowest BCUT2D eigenvalue weighted by Crippen LogP contribution is -2.37. The van der Waals surface area contributed by atoms with Gasteiger partial charge in [0.2, 0.25) is 5.91 Å². The summed E-state index contributed by atoms with van der Waals surface area (Å²) in [4.78, 5) is 12.6. The summed E-state index contributed by atoms with van der Waals surface area (Å²) in [5, 5.41) is 29.0. The number of nitrogens with two attached hydrogens (primary N) is 1. The maximum atomic E-state index is 12.6. The van der Waals surface area contributed by atoms with E-state index in [1.165, 1.54) is 17.9 Å². The average molecular weight is 502 g/mol. The zero-order chi connectivity index (χ0) is 21.8. The first-order valence-corrected chi connectivity index (χ1v) is 9.64. The molecule has 3 rings (SSSR count). The zero-order valence-corrected chi connectivity index (χ0v) is 18.8. The predicted octanol–water partition coefficient (Wildman–Crippen LogP) is 3.73. The molecular formula is C22H18BrClN4O3. The van der Waals surface area contributed by atoms with Crippen molar-refractivity contribution in [1.29, 1.82) is 10.5 Å². The number of nitrogens with zero attached hydrogens (tertiary/aromatic N) is 3. The standard InChI is InChI=1S/C22H17BrN4O3.ClH/c1-30-21-5-2-13(9-24)6-14(21)7-15(10-25)18-11-27(22(29)19(26)12-28)20-4-3-16(23)8-17(18)20;/h2-8,11,19,28H,12,26H2,1H3;1H/b15-7+;. The number of allylic oxidation sites excluding steroid dienone is 1. The number of halogens is 2. The third-order valence-corrected chi connectivity index (χ3v) is 5.08. The lowest BCUT2D eigenvalue weighted by Gasteiger charge is -2.08. The van der Waals surface area contributed by atoms with Gasteiger partial charge in [0.25, 0.3) is 0 Å². The van der Waals surface area contributed by atoms with Gasteiger partial charge in [0.15, 0.2) is 0 Å². The summed E-state index contributed by atoms with van der Waals surface area (Å²) in [6.45, 7) is -0.497. The molecule has 1 heterocycles. The van der Waals surface area contributed by atoms with Crippen molar-refractivity contribution in [3.8, 4) is 17.9 Å². The van der Waals surface area contributed by atoms with Gasteiger partial charge in [-0.25, -0.2) is 0 Å². The monoisotopic (exact) mass is 500 g/mol. The number of benzene rings is 2. The van der Waals surface area contributed by atoms with Gasteiger partial charge in [0.05, 0.1) is 42.5 Å². The number of hydrogen-bond acceptors (Lipinski definition) is 6. The van der Waals surface area contributed by atoms with E-state index < -0.39 is 18.6 Å². The maximum absolute atomic E-state index is 12.6. The van der Waals surface area contributed by atoms with Crippen molar-refractivity contribution in [2.24, 2.45) is 5.73 Å². The summed E-state index contributed by atoms with van der Waals surface area (Å²) in [6.07, 6.45) is 3.14. The van der Waals surface area contributed by atoms with Gasteiger partial charge in [0, 0.05) is 27.2 Å². The first-order valence-electron chi connectivity index (χ1n) is 8.85. The van der Waals surface area contributed by atoms with E-state index in [2.05, 4.69) is 28.1 Å². The highest BCUT2D eigenvalue weighted by Crippen LogP contribution is 2.32. The van der Waals surface area contributed by atoms with E-state index in [-0.39, 0.29) is 18.0 Å². The highest BCUT2D eigenvalue weighted by molar-refractivity contribution is 9.10. The van der Waals surface area contributed by atoms with E-state index in [4.69, 9.17) is 10.5 Å². The number of methoxy groups -OCH3 is 1. The molecular weight excluding hydrogens is 484 g/mol. The number of carbonyl (C=O) groups is 1. The Kier molecular flexibility index (Phi) is 7.98. The van der Waals surface area contributed by atoms with E-state index in [1.807, 2.05) is 0 Å². The van der Waals surface area contributed by atoms with E-state index >= 15 is 0 Å². The molecule has 0 aliphatic rings. The number of rotatable bonds is 5. The lowest BCUT2D eigenvalue weighted by atomic mass is 10.0.